The van der Waals surface area contributed by atoms with Gasteiger partial charge in [-0.3, -0.25) is 14.4 Å². The molecule has 1 aromatic heterocycles. The Balaban J connectivity index is 1.39. The molecule has 1 spiro atoms. The monoisotopic (exact) mass is 525 g/mol. The van der Waals surface area contributed by atoms with E-state index < -0.39 is 12.1 Å². The number of H-pyrrole nitrogens is 1. The predicted octanol–water partition coefficient (Wildman–Crippen LogP) is 3.53. The molecule has 1 saturated carbocycles. The van der Waals surface area contributed by atoms with Crippen LogP contribution in [0, 0.1) is 22.7 Å². The number of aromatic nitrogens is 1. The van der Waals surface area contributed by atoms with Gasteiger partial charge < -0.3 is 25.3 Å². The number of methoxy groups -OCH3 is 1. The fourth-order valence-corrected chi connectivity index (χ4v) is 6.56. The molecule has 2 aliphatic heterocycles. The second kappa shape index (κ2) is 10.3. The Morgan fingerprint density at radius 3 is 2.76 bits per heavy atom. The highest BCUT2D eigenvalue weighted by Crippen LogP contribution is 2.47. The average molecular weight is 526 g/mol. The Morgan fingerprint density at radius 1 is 1.30 bits per heavy atom. The van der Waals surface area contributed by atoms with E-state index in [9.17, 15) is 19.6 Å². The number of hydrogen-bond donors (Lipinski definition) is 3. The zero-order chi connectivity index (χ0) is 26.2. The van der Waals surface area contributed by atoms with Gasteiger partial charge in [0.05, 0.1) is 23.7 Å². The molecule has 3 aliphatic rings. The largest absolute Gasteiger partial charge is 0.497 e. The molecule has 2 aromatic rings. The fraction of sp³-hybridized carbons (Fsp3) is 0.556. The smallest absolute Gasteiger partial charge is 0.271 e. The Labute approximate surface area is 220 Å². The van der Waals surface area contributed by atoms with Crippen LogP contribution in [0.1, 0.15) is 61.9 Å². The van der Waals surface area contributed by atoms with Crippen molar-refractivity contribution in [3.8, 4) is 11.8 Å². The number of likely N-dealkylation sites (tertiary alicyclic amines) is 1. The number of carbonyl (C=O) groups excluding carboxylic acids is 3. The summed E-state index contributed by atoms with van der Waals surface area (Å²) in [5.74, 6) is -0.380. The molecule has 5 rings (SSSR count). The molecule has 1 aliphatic carbocycles. The van der Waals surface area contributed by atoms with Crippen LogP contribution in [0.5, 0.6) is 5.75 Å². The van der Waals surface area contributed by atoms with E-state index >= 15 is 0 Å². The summed E-state index contributed by atoms with van der Waals surface area (Å²) in [7, 11) is 1.56. The van der Waals surface area contributed by atoms with Crippen LogP contribution in [0.4, 0.5) is 0 Å². The molecule has 3 amide bonds. The molecule has 1 unspecified atom stereocenters. The molecular weight excluding hydrogens is 494 g/mol. The topological polar surface area (TPSA) is 127 Å². The predicted molar refractivity (Wildman–Crippen MR) is 138 cm³/mol. The van der Waals surface area contributed by atoms with E-state index in [0.717, 1.165) is 37.5 Å². The van der Waals surface area contributed by atoms with Crippen molar-refractivity contribution in [2.24, 2.45) is 11.3 Å². The van der Waals surface area contributed by atoms with Gasteiger partial charge in [0.1, 0.15) is 23.5 Å². The van der Waals surface area contributed by atoms with Crippen LogP contribution in [0.2, 0.25) is 5.02 Å². The molecule has 3 fully saturated rings. The summed E-state index contributed by atoms with van der Waals surface area (Å²) in [5.41, 5.74) is 0.893. The van der Waals surface area contributed by atoms with Gasteiger partial charge in [0.2, 0.25) is 11.8 Å². The number of nitriles is 1. The standard InChI is InChI=1S/C27H32ClN5O4/c1-37-19-10-17-11-21(32-23(17)20(28)12-19)26(36)33-15-27(6-3-2-4-7-27)13-22(33)25(35)31-18(14-29)9-16-5-8-30-24(16)34/h10-12,16,18,22,32H,2-9,13,15H2,1H3,(H,30,34)(H,31,35)/t16-,18-,22?/m0/s1. The van der Waals surface area contributed by atoms with Crippen molar-refractivity contribution >= 4 is 40.2 Å². The lowest BCUT2D eigenvalue weighted by atomic mass is 9.72. The minimum atomic E-state index is -0.791. The molecule has 1 aromatic carbocycles. The second-order valence-electron chi connectivity index (χ2n) is 10.7. The summed E-state index contributed by atoms with van der Waals surface area (Å²) in [6.07, 6.45) is 6.75. The third-order valence-electron chi connectivity index (χ3n) is 8.26. The van der Waals surface area contributed by atoms with Gasteiger partial charge in [-0.2, -0.15) is 5.26 Å². The normalized spacial score (nSPS) is 23.6. The van der Waals surface area contributed by atoms with Crippen LogP contribution in [0.3, 0.4) is 0 Å². The molecule has 9 nitrogen and oxygen atoms in total. The Bertz CT molecular complexity index is 1260. The first-order chi connectivity index (χ1) is 17.8. The minimum Gasteiger partial charge on any atom is -0.497 e. The van der Waals surface area contributed by atoms with Crippen molar-refractivity contribution in [1.29, 1.82) is 5.26 Å². The maximum atomic E-state index is 13.8. The number of benzene rings is 1. The fourth-order valence-electron chi connectivity index (χ4n) is 6.30. The molecular formula is C27H32ClN5O4. The van der Waals surface area contributed by atoms with Gasteiger partial charge in [-0.15, -0.1) is 0 Å². The Kier molecular flexibility index (Phi) is 7.04. The number of ether oxygens (including phenoxy) is 1. The van der Waals surface area contributed by atoms with E-state index in [-0.39, 0.29) is 35.5 Å². The number of halogens is 1. The van der Waals surface area contributed by atoms with E-state index in [1.165, 1.54) is 0 Å². The molecule has 3 N–H and O–H groups in total. The SMILES string of the molecule is COc1cc(Cl)c2[nH]c(C(=O)N3CC4(CCCCC4)CC3C(=O)N[C@H](C#N)C[C@@H]3CCNC3=O)cc2c1. The third kappa shape index (κ3) is 4.99. The van der Waals surface area contributed by atoms with Crippen LogP contribution in [-0.4, -0.2) is 59.9 Å². The number of rotatable bonds is 6. The van der Waals surface area contributed by atoms with E-state index in [4.69, 9.17) is 16.3 Å². The van der Waals surface area contributed by atoms with Crippen molar-refractivity contribution in [2.75, 3.05) is 20.2 Å². The second-order valence-corrected chi connectivity index (χ2v) is 11.1. The number of hydrogen-bond acceptors (Lipinski definition) is 5. The van der Waals surface area contributed by atoms with E-state index in [1.54, 1.807) is 24.1 Å². The van der Waals surface area contributed by atoms with E-state index in [1.807, 2.05) is 6.07 Å². The highest BCUT2D eigenvalue weighted by molar-refractivity contribution is 6.35. The lowest BCUT2D eigenvalue weighted by Crippen LogP contribution is -2.49. The van der Waals surface area contributed by atoms with Gasteiger partial charge >= 0.3 is 0 Å². The van der Waals surface area contributed by atoms with E-state index in [0.29, 0.717) is 47.9 Å². The van der Waals surface area contributed by atoms with E-state index in [2.05, 4.69) is 21.7 Å². The van der Waals surface area contributed by atoms with Gasteiger partial charge in [-0.1, -0.05) is 30.9 Å². The number of amides is 3. The first-order valence-corrected chi connectivity index (χ1v) is 13.4. The van der Waals surface area contributed by atoms with Gasteiger partial charge in [-0.25, -0.2) is 0 Å². The van der Waals surface area contributed by atoms with Crippen molar-refractivity contribution < 1.29 is 19.1 Å². The maximum absolute atomic E-state index is 13.8. The maximum Gasteiger partial charge on any atom is 0.271 e. The first-order valence-electron chi connectivity index (χ1n) is 13.0. The van der Waals surface area contributed by atoms with Crippen molar-refractivity contribution in [2.45, 2.75) is 63.5 Å². The summed E-state index contributed by atoms with van der Waals surface area (Å²) in [6.45, 7) is 1.09. The van der Waals surface area contributed by atoms with Crippen LogP contribution >= 0.6 is 11.6 Å². The summed E-state index contributed by atoms with van der Waals surface area (Å²) in [6, 6.07) is 5.89. The first kappa shape index (κ1) is 25.4. The number of fused-ring (bicyclic) bond motifs is 1. The number of nitrogens with zero attached hydrogens (tertiary/aromatic N) is 2. The molecule has 0 radical (unpaired) electrons. The summed E-state index contributed by atoms with van der Waals surface area (Å²) in [4.78, 5) is 44.2. The zero-order valence-electron chi connectivity index (χ0n) is 20.9. The Morgan fingerprint density at radius 2 is 2.08 bits per heavy atom. The molecule has 3 heterocycles. The highest BCUT2D eigenvalue weighted by Gasteiger charge is 2.49. The van der Waals surface area contributed by atoms with Crippen LogP contribution in [0.15, 0.2) is 18.2 Å². The molecule has 10 heteroatoms. The summed E-state index contributed by atoms with van der Waals surface area (Å²) >= 11 is 6.41. The third-order valence-corrected chi connectivity index (χ3v) is 8.56. The van der Waals surface area contributed by atoms with Gasteiger partial charge in [0.15, 0.2) is 0 Å². The van der Waals surface area contributed by atoms with Crippen LogP contribution < -0.4 is 15.4 Å². The van der Waals surface area contributed by atoms with Gasteiger partial charge in [-0.05, 0) is 49.7 Å². The molecule has 196 valence electrons. The summed E-state index contributed by atoms with van der Waals surface area (Å²) < 4.78 is 5.30. The lowest BCUT2D eigenvalue weighted by Gasteiger charge is -2.32. The molecule has 37 heavy (non-hydrogen) atoms. The minimum absolute atomic E-state index is 0.0811. The van der Waals surface area contributed by atoms with Crippen molar-refractivity contribution in [3.63, 3.8) is 0 Å². The number of nitrogens with one attached hydrogen (secondary N) is 3. The highest BCUT2D eigenvalue weighted by atomic mass is 35.5. The zero-order valence-corrected chi connectivity index (χ0v) is 21.7. The van der Waals surface area contributed by atoms with Gasteiger partial charge in [0, 0.05) is 30.5 Å². The van der Waals surface area contributed by atoms with Crippen LogP contribution in [-0.2, 0) is 9.59 Å². The number of aromatic amines is 1. The quantitative estimate of drug-likeness (QED) is 0.531. The summed E-state index contributed by atoms with van der Waals surface area (Å²) in [5, 5.41) is 16.5. The molecule has 3 atom stereocenters. The Hall–Kier alpha value is -3.25. The van der Waals surface area contributed by atoms with Crippen molar-refractivity contribution in [3.05, 3.63) is 28.9 Å². The number of carbonyl (C=O) groups is 3. The molecule has 2 saturated heterocycles. The average Bonchev–Trinajstić information content (AvgIpc) is 3.61. The lowest BCUT2D eigenvalue weighted by molar-refractivity contribution is -0.126. The van der Waals surface area contributed by atoms with Gasteiger partial charge in [0.25, 0.3) is 5.91 Å². The molecule has 0 bridgehead atoms. The van der Waals surface area contributed by atoms with Crippen LogP contribution in [0.25, 0.3) is 10.9 Å². The van der Waals surface area contributed by atoms with Crippen molar-refractivity contribution in [1.82, 2.24) is 20.5 Å².